The van der Waals surface area contributed by atoms with Gasteiger partial charge in [-0.3, -0.25) is 4.90 Å². The maximum atomic E-state index is 8.73. The van der Waals surface area contributed by atoms with Crippen LogP contribution in [0.3, 0.4) is 0 Å². The largest absolute Gasteiger partial charge is 0.396 e. The van der Waals surface area contributed by atoms with E-state index < -0.39 is 0 Å². The highest BCUT2D eigenvalue weighted by atomic mass is 16.2. The van der Waals surface area contributed by atoms with Gasteiger partial charge in [0.2, 0.25) is 0 Å². The van der Waals surface area contributed by atoms with Crippen molar-refractivity contribution < 1.29 is 5.11 Å². The van der Waals surface area contributed by atoms with Crippen LogP contribution in [0.1, 0.15) is 38.5 Å². The third-order valence-corrected chi connectivity index (χ3v) is 4.17. The molecule has 1 saturated heterocycles. The Hall–Kier alpha value is -0.160. The lowest BCUT2D eigenvalue weighted by Crippen LogP contribution is -2.53. The van der Waals surface area contributed by atoms with Gasteiger partial charge in [-0.05, 0) is 45.1 Å². The predicted molar refractivity (Wildman–Crippen MR) is 69.9 cm³/mol. The zero-order chi connectivity index (χ0) is 12.1. The topological polar surface area (TPSA) is 61.5 Å². The van der Waals surface area contributed by atoms with E-state index in [1.807, 2.05) is 0 Å². The van der Waals surface area contributed by atoms with Crippen LogP contribution in [-0.2, 0) is 0 Å². The van der Waals surface area contributed by atoms with Crippen molar-refractivity contribution in [1.82, 2.24) is 10.2 Å². The lowest BCUT2D eigenvalue weighted by Gasteiger charge is -2.29. The first-order valence-electron chi connectivity index (χ1n) is 7.10. The number of aliphatic hydroxyl groups excluding tert-OH is 1. The molecule has 4 heteroatoms. The molecule has 1 aliphatic heterocycles. The van der Waals surface area contributed by atoms with Gasteiger partial charge in [0, 0.05) is 37.8 Å². The molecule has 0 amide bonds. The summed E-state index contributed by atoms with van der Waals surface area (Å²) in [5.41, 5.74) is 6.13. The number of rotatable bonds is 8. The van der Waals surface area contributed by atoms with E-state index in [0.29, 0.717) is 6.61 Å². The van der Waals surface area contributed by atoms with Crippen molar-refractivity contribution in [1.29, 1.82) is 0 Å². The summed E-state index contributed by atoms with van der Waals surface area (Å²) in [6.07, 6.45) is 7.14. The molecule has 1 unspecified atom stereocenters. The highest BCUT2D eigenvalue weighted by Gasteiger charge is 2.41. The van der Waals surface area contributed by atoms with Gasteiger partial charge in [0.25, 0.3) is 0 Å². The van der Waals surface area contributed by atoms with Crippen LogP contribution in [0.25, 0.3) is 0 Å². The molecule has 100 valence electrons. The lowest BCUT2D eigenvalue weighted by molar-refractivity contribution is 0.268. The Balaban J connectivity index is 1.68. The number of aliphatic hydroxyl groups is 1. The molecule has 2 rings (SSSR count). The molecule has 1 saturated carbocycles. The van der Waals surface area contributed by atoms with Crippen LogP contribution in [-0.4, -0.2) is 54.4 Å². The maximum Gasteiger partial charge on any atom is 0.0444 e. The summed E-state index contributed by atoms with van der Waals surface area (Å²) in [6, 6.07) is 0.861. The molecule has 0 bridgehead atoms. The van der Waals surface area contributed by atoms with Crippen molar-refractivity contribution in [3.05, 3.63) is 0 Å². The minimum Gasteiger partial charge on any atom is -0.396 e. The summed E-state index contributed by atoms with van der Waals surface area (Å²) >= 11 is 0. The number of nitrogens with two attached hydrogens (primary N) is 1. The van der Waals surface area contributed by atoms with E-state index in [1.165, 1.54) is 25.8 Å². The molecule has 4 N–H and O–H groups in total. The van der Waals surface area contributed by atoms with Crippen molar-refractivity contribution in [2.75, 3.05) is 32.8 Å². The van der Waals surface area contributed by atoms with E-state index in [9.17, 15) is 0 Å². The molecule has 1 aliphatic carbocycles. The molecule has 0 aromatic heterocycles. The zero-order valence-corrected chi connectivity index (χ0v) is 10.8. The molecule has 2 aliphatic rings. The van der Waals surface area contributed by atoms with E-state index in [2.05, 4.69) is 10.2 Å². The van der Waals surface area contributed by atoms with Crippen molar-refractivity contribution in [2.45, 2.75) is 50.1 Å². The Morgan fingerprint density at radius 2 is 2.12 bits per heavy atom. The summed E-state index contributed by atoms with van der Waals surface area (Å²) in [5, 5.41) is 12.4. The van der Waals surface area contributed by atoms with Gasteiger partial charge >= 0.3 is 0 Å². The monoisotopic (exact) mass is 241 g/mol. The second-order valence-corrected chi connectivity index (χ2v) is 5.65. The van der Waals surface area contributed by atoms with Crippen LogP contribution in [0, 0.1) is 0 Å². The van der Waals surface area contributed by atoms with Gasteiger partial charge in [0.1, 0.15) is 0 Å². The maximum absolute atomic E-state index is 8.73. The molecular formula is C13H27N3O. The number of nitrogens with zero attached hydrogens (tertiary/aromatic N) is 1. The summed E-state index contributed by atoms with van der Waals surface area (Å²) in [5.74, 6) is 0. The van der Waals surface area contributed by atoms with Crippen LogP contribution in [0.5, 0.6) is 0 Å². The van der Waals surface area contributed by atoms with Crippen LogP contribution < -0.4 is 11.1 Å². The van der Waals surface area contributed by atoms with Crippen molar-refractivity contribution in [3.63, 3.8) is 0 Å². The summed E-state index contributed by atoms with van der Waals surface area (Å²) in [6.45, 7) is 4.45. The van der Waals surface area contributed by atoms with E-state index >= 15 is 0 Å². The Labute approximate surface area is 105 Å². The van der Waals surface area contributed by atoms with Crippen molar-refractivity contribution >= 4 is 0 Å². The molecule has 1 atom stereocenters. The lowest BCUT2D eigenvalue weighted by atomic mass is 9.98. The first kappa shape index (κ1) is 13.3. The van der Waals surface area contributed by atoms with E-state index in [4.69, 9.17) is 10.8 Å². The van der Waals surface area contributed by atoms with E-state index in [1.54, 1.807) is 0 Å². The SMILES string of the molecule is NCC1(NCCCCCO)CCN(C2CC2)C1. The smallest absolute Gasteiger partial charge is 0.0444 e. The Morgan fingerprint density at radius 1 is 1.29 bits per heavy atom. The molecule has 0 spiro atoms. The number of hydrogen-bond donors (Lipinski definition) is 3. The first-order valence-corrected chi connectivity index (χ1v) is 7.10. The average molecular weight is 241 g/mol. The summed E-state index contributed by atoms with van der Waals surface area (Å²) in [7, 11) is 0. The molecular weight excluding hydrogens is 214 g/mol. The zero-order valence-electron chi connectivity index (χ0n) is 10.8. The van der Waals surface area contributed by atoms with Gasteiger partial charge < -0.3 is 16.2 Å². The van der Waals surface area contributed by atoms with Crippen molar-refractivity contribution in [2.24, 2.45) is 5.73 Å². The minimum absolute atomic E-state index is 0.168. The fourth-order valence-electron chi connectivity index (χ4n) is 2.81. The van der Waals surface area contributed by atoms with Crippen LogP contribution >= 0.6 is 0 Å². The van der Waals surface area contributed by atoms with E-state index in [-0.39, 0.29) is 5.54 Å². The third kappa shape index (κ3) is 3.65. The fourth-order valence-corrected chi connectivity index (χ4v) is 2.81. The Kier molecular flexibility index (Phi) is 4.79. The van der Waals surface area contributed by atoms with Gasteiger partial charge in [0.15, 0.2) is 0 Å². The number of likely N-dealkylation sites (tertiary alicyclic amines) is 1. The van der Waals surface area contributed by atoms with Crippen LogP contribution in [0.2, 0.25) is 0 Å². The van der Waals surface area contributed by atoms with Crippen LogP contribution in [0.15, 0.2) is 0 Å². The fraction of sp³-hybridized carbons (Fsp3) is 1.00. The number of hydrogen-bond acceptors (Lipinski definition) is 4. The average Bonchev–Trinajstić information content (AvgIpc) is 3.11. The molecule has 4 nitrogen and oxygen atoms in total. The summed E-state index contributed by atoms with van der Waals surface area (Å²) < 4.78 is 0. The van der Waals surface area contributed by atoms with Crippen molar-refractivity contribution in [3.8, 4) is 0 Å². The molecule has 0 aromatic rings. The molecule has 17 heavy (non-hydrogen) atoms. The molecule has 0 aromatic carbocycles. The highest BCUT2D eigenvalue weighted by molar-refractivity contribution is 5.02. The van der Waals surface area contributed by atoms with Gasteiger partial charge in [-0.25, -0.2) is 0 Å². The quantitative estimate of drug-likeness (QED) is 0.535. The molecule has 1 heterocycles. The molecule has 0 radical (unpaired) electrons. The van der Waals surface area contributed by atoms with Crippen LogP contribution in [0.4, 0.5) is 0 Å². The third-order valence-electron chi connectivity index (χ3n) is 4.17. The van der Waals surface area contributed by atoms with Gasteiger partial charge in [-0.15, -0.1) is 0 Å². The highest BCUT2D eigenvalue weighted by Crippen LogP contribution is 2.33. The number of unbranched alkanes of at least 4 members (excludes halogenated alkanes) is 2. The summed E-state index contributed by atoms with van der Waals surface area (Å²) in [4.78, 5) is 2.60. The molecule has 2 fully saturated rings. The first-order chi connectivity index (χ1) is 8.29. The van der Waals surface area contributed by atoms with Gasteiger partial charge in [0.05, 0.1) is 0 Å². The van der Waals surface area contributed by atoms with E-state index in [0.717, 1.165) is 44.9 Å². The second-order valence-electron chi connectivity index (χ2n) is 5.65. The Bertz CT molecular complexity index is 233. The number of nitrogens with one attached hydrogen (secondary N) is 1. The normalized spacial score (nSPS) is 30.0. The predicted octanol–water partition coefficient (Wildman–Crippen LogP) is 0.304. The standard InChI is InChI=1S/C13H27N3O/c14-10-13(15-7-2-1-3-9-17)6-8-16(11-13)12-4-5-12/h12,15,17H,1-11,14H2. The van der Waals surface area contributed by atoms with Gasteiger partial charge in [-0.1, -0.05) is 0 Å². The second kappa shape index (κ2) is 6.14. The Morgan fingerprint density at radius 3 is 2.76 bits per heavy atom. The van der Waals surface area contributed by atoms with Gasteiger partial charge in [-0.2, -0.15) is 0 Å². The minimum atomic E-state index is 0.168.